The number of hydrogen-bond acceptors (Lipinski definition) is 4. The van der Waals surface area contributed by atoms with Crippen LogP contribution in [0.25, 0.3) is 0 Å². The summed E-state index contributed by atoms with van der Waals surface area (Å²) in [6, 6.07) is 9.81. The number of aromatic nitrogens is 2. The fourth-order valence-electron chi connectivity index (χ4n) is 3.27. The molecule has 1 heterocycles. The largest absolute Gasteiger partial charge is 0.455 e. The summed E-state index contributed by atoms with van der Waals surface area (Å²) in [5.41, 5.74) is 3.74. The maximum atomic E-state index is 12.6. The van der Waals surface area contributed by atoms with Gasteiger partial charge in [0.15, 0.2) is 6.61 Å². The molecular formula is C23H33N3O3. The van der Waals surface area contributed by atoms with E-state index in [9.17, 15) is 9.59 Å². The zero-order valence-corrected chi connectivity index (χ0v) is 18.4. The zero-order valence-electron chi connectivity index (χ0n) is 18.4. The summed E-state index contributed by atoms with van der Waals surface area (Å²) in [4.78, 5) is 26.7. The molecule has 158 valence electrons. The molecule has 0 saturated heterocycles. The van der Waals surface area contributed by atoms with Gasteiger partial charge >= 0.3 is 5.97 Å². The van der Waals surface area contributed by atoms with E-state index in [0.717, 1.165) is 29.1 Å². The molecule has 29 heavy (non-hydrogen) atoms. The van der Waals surface area contributed by atoms with Crippen LogP contribution in [0, 0.1) is 19.8 Å². The predicted molar refractivity (Wildman–Crippen MR) is 113 cm³/mol. The van der Waals surface area contributed by atoms with Crippen LogP contribution in [0.3, 0.4) is 0 Å². The summed E-state index contributed by atoms with van der Waals surface area (Å²) in [5.74, 6) is -0.129. The van der Waals surface area contributed by atoms with Crippen molar-refractivity contribution in [3.63, 3.8) is 0 Å². The normalized spacial score (nSPS) is 11.2. The van der Waals surface area contributed by atoms with Crippen molar-refractivity contribution in [1.82, 2.24) is 14.7 Å². The summed E-state index contributed by atoms with van der Waals surface area (Å²) in [6.45, 7) is 13.1. The second-order valence-electron chi connectivity index (χ2n) is 8.16. The lowest BCUT2D eigenvalue weighted by atomic mass is 10.1. The summed E-state index contributed by atoms with van der Waals surface area (Å²) in [5, 5.41) is 4.53. The van der Waals surface area contributed by atoms with Gasteiger partial charge in [-0.25, -0.2) is 0 Å². The van der Waals surface area contributed by atoms with Crippen molar-refractivity contribution >= 4 is 11.9 Å². The van der Waals surface area contributed by atoms with Crippen LogP contribution in [0.2, 0.25) is 0 Å². The number of esters is 1. The monoisotopic (exact) mass is 399 g/mol. The molecule has 0 atom stereocenters. The van der Waals surface area contributed by atoms with E-state index in [0.29, 0.717) is 12.5 Å². The minimum absolute atomic E-state index is 0.0140. The number of ether oxygens (including phenoxy) is 1. The van der Waals surface area contributed by atoms with Crippen LogP contribution in [-0.2, 0) is 33.8 Å². The maximum Gasteiger partial charge on any atom is 0.310 e. The van der Waals surface area contributed by atoms with E-state index in [-0.39, 0.29) is 25.0 Å². The van der Waals surface area contributed by atoms with Gasteiger partial charge < -0.3 is 9.64 Å². The Morgan fingerprint density at radius 1 is 1.10 bits per heavy atom. The summed E-state index contributed by atoms with van der Waals surface area (Å²) in [7, 11) is 0. The Bertz CT molecular complexity index is 825. The first-order valence-corrected chi connectivity index (χ1v) is 10.2. The first kappa shape index (κ1) is 22.7. The van der Waals surface area contributed by atoms with Crippen LogP contribution >= 0.6 is 0 Å². The lowest BCUT2D eigenvalue weighted by Gasteiger charge is -2.26. The second kappa shape index (κ2) is 10.2. The summed E-state index contributed by atoms with van der Waals surface area (Å²) in [6.07, 6.45) is 0.128. The molecule has 2 rings (SSSR count). The van der Waals surface area contributed by atoms with E-state index in [1.165, 1.54) is 0 Å². The highest BCUT2D eigenvalue weighted by molar-refractivity contribution is 5.81. The molecule has 0 fully saturated rings. The minimum Gasteiger partial charge on any atom is -0.455 e. The van der Waals surface area contributed by atoms with Crippen LogP contribution in [-0.4, -0.2) is 39.2 Å². The lowest BCUT2D eigenvalue weighted by Crippen LogP contribution is -2.39. The predicted octanol–water partition coefficient (Wildman–Crippen LogP) is 3.68. The molecule has 6 heteroatoms. The number of nitrogens with zero attached hydrogens (tertiary/aromatic N) is 3. The fraction of sp³-hybridized carbons (Fsp3) is 0.522. The van der Waals surface area contributed by atoms with Crippen LogP contribution in [0.1, 0.15) is 50.2 Å². The average molecular weight is 400 g/mol. The molecule has 0 unspecified atom stereocenters. The number of aryl methyl sites for hydroxylation is 1. The molecule has 6 nitrogen and oxygen atoms in total. The van der Waals surface area contributed by atoms with E-state index in [4.69, 9.17) is 4.74 Å². The Morgan fingerprint density at radius 2 is 1.76 bits per heavy atom. The zero-order chi connectivity index (χ0) is 21.6. The van der Waals surface area contributed by atoms with Gasteiger partial charge in [-0.05, 0) is 39.2 Å². The van der Waals surface area contributed by atoms with Crippen molar-refractivity contribution < 1.29 is 14.3 Å². The van der Waals surface area contributed by atoms with Crippen molar-refractivity contribution in [3.05, 3.63) is 52.8 Å². The molecule has 0 aliphatic heterocycles. The third kappa shape index (κ3) is 6.44. The maximum absolute atomic E-state index is 12.6. The molecular weight excluding hydrogens is 366 g/mol. The first-order valence-electron chi connectivity index (χ1n) is 10.2. The van der Waals surface area contributed by atoms with Gasteiger partial charge in [0.05, 0.1) is 12.1 Å². The topological polar surface area (TPSA) is 64.4 Å². The first-order chi connectivity index (χ1) is 13.7. The highest BCUT2D eigenvalue weighted by atomic mass is 16.5. The van der Waals surface area contributed by atoms with E-state index in [1.54, 1.807) is 4.90 Å². The number of amides is 1. The van der Waals surface area contributed by atoms with Crippen LogP contribution in [0.4, 0.5) is 0 Å². The van der Waals surface area contributed by atoms with Gasteiger partial charge in [-0.1, -0.05) is 44.2 Å². The lowest BCUT2D eigenvalue weighted by molar-refractivity contribution is -0.152. The van der Waals surface area contributed by atoms with E-state index >= 15 is 0 Å². The SMILES string of the molecule is Cc1nn(CC(C)C)c(C)c1CC(=O)OCC(=O)N(Cc1ccccc1)C(C)C. The van der Waals surface area contributed by atoms with Gasteiger partial charge in [0.2, 0.25) is 0 Å². The van der Waals surface area contributed by atoms with E-state index in [1.807, 2.05) is 62.7 Å². The molecule has 0 radical (unpaired) electrons. The molecule has 0 aliphatic rings. The number of carbonyl (C=O) groups excluding carboxylic acids is 2. The van der Waals surface area contributed by atoms with Gasteiger partial charge in [-0.15, -0.1) is 0 Å². The molecule has 1 aromatic carbocycles. The van der Waals surface area contributed by atoms with Gasteiger partial charge in [0, 0.05) is 30.4 Å². The minimum atomic E-state index is -0.405. The highest BCUT2D eigenvalue weighted by Gasteiger charge is 2.21. The van der Waals surface area contributed by atoms with Crippen molar-refractivity contribution in [1.29, 1.82) is 0 Å². The van der Waals surface area contributed by atoms with Gasteiger partial charge in [-0.3, -0.25) is 14.3 Å². The van der Waals surface area contributed by atoms with Crippen molar-refractivity contribution in [2.24, 2.45) is 5.92 Å². The van der Waals surface area contributed by atoms with Gasteiger partial charge in [-0.2, -0.15) is 5.10 Å². The highest BCUT2D eigenvalue weighted by Crippen LogP contribution is 2.16. The second-order valence-corrected chi connectivity index (χ2v) is 8.16. The standard InChI is InChI=1S/C23H33N3O3/c1-16(2)13-26-19(6)21(18(5)24-26)12-23(28)29-15-22(27)25(17(3)4)14-20-10-8-7-9-11-20/h7-11,16-17H,12-15H2,1-6H3. The Morgan fingerprint density at radius 3 is 2.34 bits per heavy atom. The average Bonchev–Trinajstić information content (AvgIpc) is 2.91. The molecule has 0 spiro atoms. The molecule has 0 aliphatic carbocycles. The van der Waals surface area contributed by atoms with Gasteiger partial charge in [0.1, 0.15) is 0 Å². The smallest absolute Gasteiger partial charge is 0.310 e. The Hall–Kier alpha value is -2.63. The summed E-state index contributed by atoms with van der Waals surface area (Å²) >= 11 is 0. The molecule has 1 aromatic heterocycles. The van der Waals surface area contributed by atoms with Crippen LogP contribution in [0.5, 0.6) is 0 Å². The van der Waals surface area contributed by atoms with E-state index < -0.39 is 5.97 Å². The molecule has 0 bridgehead atoms. The Kier molecular flexibility index (Phi) is 8.00. The van der Waals surface area contributed by atoms with Gasteiger partial charge in [0.25, 0.3) is 5.91 Å². The number of rotatable bonds is 9. The van der Waals surface area contributed by atoms with Crippen molar-refractivity contribution in [2.45, 2.75) is 67.1 Å². The fourth-order valence-corrected chi connectivity index (χ4v) is 3.27. The molecule has 0 saturated carbocycles. The molecule has 0 N–H and O–H groups in total. The van der Waals surface area contributed by atoms with Crippen molar-refractivity contribution in [3.8, 4) is 0 Å². The van der Waals surface area contributed by atoms with Crippen LogP contribution < -0.4 is 0 Å². The number of benzene rings is 1. The molecule has 2 aromatic rings. The Balaban J connectivity index is 1.95. The van der Waals surface area contributed by atoms with Crippen LogP contribution in [0.15, 0.2) is 30.3 Å². The van der Waals surface area contributed by atoms with Crippen molar-refractivity contribution in [2.75, 3.05) is 6.61 Å². The Labute approximate surface area is 173 Å². The number of carbonyl (C=O) groups is 2. The van der Waals surface area contributed by atoms with E-state index in [2.05, 4.69) is 18.9 Å². The number of hydrogen-bond donors (Lipinski definition) is 0. The quantitative estimate of drug-likeness (QED) is 0.604. The third-order valence-corrected chi connectivity index (χ3v) is 4.89. The summed E-state index contributed by atoms with van der Waals surface area (Å²) < 4.78 is 7.25. The molecule has 1 amide bonds. The third-order valence-electron chi connectivity index (χ3n) is 4.89.